The lowest BCUT2D eigenvalue weighted by Crippen LogP contribution is -2.29. The summed E-state index contributed by atoms with van der Waals surface area (Å²) in [6, 6.07) is 13.4. The van der Waals surface area contributed by atoms with Crippen molar-refractivity contribution in [2.75, 3.05) is 5.75 Å². The maximum absolute atomic E-state index is 9.63. The molecule has 0 saturated carbocycles. The Hall–Kier alpha value is -1.93. The Kier molecular flexibility index (Phi) is 4.17. The van der Waals surface area contributed by atoms with Crippen LogP contribution >= 0.6 is 23.1 Å². The smallest absolute Gasteiger partial charge is 0.181 e. The van der Waals surface area contributed by atoms with Crippen LogP contribution in [0.25, 0.3) is 10.2 Å². The van der Waals surface area contributed by atoms with Gasteiger partial charge in [0.05, 0.1) is 23.4 Å². The maximum Gasteiger partial charge on any atom is 0.181 e. The summed E-state index contributed by atoms with van der Waals surface area (Å²) in [6.45, 7) is 1.10. The topological polar surface area (TPSA) is 63.9 Å². The molecule has 5 nitrogen and oxygen atoms in total. The van der Waals surface area contributed by atoms with Gasteiger partial charge in [0.25, 0.3) is 0 Å². The quantitative estimate of drug-likeness (QED) is 0.725. The second-order valence-electron chi connectivity index (χ2n) is 6.24. The van der Waals surface area contributed by atoms with Crippen molar-refractivity contribution >= 4 is 38.4 Å². The first-order valence-corrected chi connectivity index (χ1v) is 10.2. The van der Waals surface area contributed by atoms with Gasteiger partial charge in [-0.3, -0.25) is 4.99 Å². The number of aromatic hydroxyl groups is 1. The third-order valence-corrected chi connectivity index (χ3v) is 6.70. The molecule has 0 aliphatic carbocycles. The molecule has 2 aliphatic rings. The van der Waals surface area contributed by atoms with Gasteiger partial charge >= 0.3 is 0 Å². The van der Waals surface area contributed by atoms with E-state index in [1.54, 1.807) is 35.2 Å². The van der Waals surface area contributed by atoms with Crippen molar-refractivity contribution in [3.63, 3.8) is 0 Å². The molecule has 0 amide bonds. The second kappa shape index (κ2) is 6.66. The third-order valence-electron chi connectivity index (χ3n) is 4.47. The molecule has 3 aromatic rings. The average molecular weight is 384 g/mol. The van der Waals surface area contributed by atoms with Crippen LogP contribution in [0, 0.1) is 0 Å². The fourth-order valence-corrected chi connectivity index (χ4v) is 5.24. The Balaban J connectivity index is 1.36. The molecule has 2 aromatic carbocycles. The maximum atomic E-state index is 9.63. The average Bonchev–Trinajstić information content (AvgIpc) is 3.24. The minimum atomic E-state index is -0.342. The fourth-order valence-electron chi connectivity index (χ4n) is 3.10. The number of phenols is 1. The van der Waals surface area contributed by atoms with E-state index in [0.29, 0.717) is 13.2 Å². The highest BCUT2D eigenvalue weighted by molar-refractivity contribution is 8.15. The van der Waals surface area contributed by atoms with Crippen LogP contribution in [-0.4, -0.2) is 33.2 Å². The molecule has 26 heavy (non-hydrogen) atoms. The number of thiazole rings is 1. The van der Waals surface area contributed by atoms with Crippen molar-refractivity contribution in [1.82, 2.24) is 4.98 Å². The number of aromatic nitrogens is 1. The molecule has 7 heteroatoms. The summed E-state index contributed by atoms with van der Waals surface area (Å²) in [5.41, 5.74) is 3.23. The Bertz CT molecular complexity index is 974. The number of hydrogen-bond donors (Lipinski definition) is 1. The predicted molar refractivity (Wildman–Crippen MR) is 104 cm³/mol. The molecule has 0 radical (unpaired) electrons. The van der Waals surface area contributed by atoms with Crippen molar-refractivity contribution in [3.8, 4) is 5.75 Å². The van der Waals surface area contributed by atoms with Gasteiger partial charge in [0.2, 0.25) is 0 Å². The number of fused-ring (bicyclic) bond motifs is 2. The second-order valence-corrected chi connectivity index (χ2v) is 8.28. The number of phenolic OH excluding ortho intramolecular Hbond substituents is 1. The van der Waals surface area contributed by atoms with E-state index in [1.807, 2.05) is 18.2 Å². The molecule has 0 saturated heterocycles. The van der Waals surface area contributed by atoms with Gasteiger partial charge in [-0.25, -0.2) is 4.98 Å². The standard InChI is InChI=1S/C19H16N2O3S2/c22-13-5-6-14-16(7-13)26-18(20-14)17-21-15(10-25-17)19-23-8-11-3-1-2-4-12(11)9-24-19/h1-7,15,19,22H,8-10H2. The largest absolute Gasteiger partial charge is 0.508 e. The van der Waals surface area contributed by atoms with Gasteiger partial charge in [-0.05, 0) is 29.3 Å². The summed E-state index contributed by atoms with van der Waals surface area (Å²) in [5, 5.41) is 11.4. The zero-order chi connectivity index (χ0) is 17.5. The highest BCUT2D eigenvalue weighted by atomic mass is 32.2. The van der Waals surface area contributed by atoms with E-state index in [1.165, 1.54) is 11.1 Å². The number of hydrogen-bond acceptors (Lipinski definition) is 7. The summed E-state index contributed by atoms with van der Waals surface area (Å²) in [4.78, 5) is 9.46. The first kappa shape index (κ1) is 16.3. The van der Waals surface area contributed by atoms with Crippen LogP contribution < -0.4 is 0 Å². The van der Waals surface area contributed by atoms with E-state index in [-0.39, 0.29) is 18.1 Å². The molecule has 0 fully saturated rings. The van der Waals surface area contributed by atoms with Gasteiger partial charge in [-0.2, -0.15) is 0 Å². The van der Waals surface area contributed by atoms with E-state index in [4.69, 9.17) is 14.5 Å². The summed E-state index contributed by atoms with van der Waals surface area (Å²) >= 11 is 3.23. The third kappa shape index (κ3) is 3.01. The van der Waals surface area contributed by atoms with Crippen LogP contribution in [0.5, 0.6) is 5.75 Å². The Morgan fingerprint density at radius 1 is 1.04 bits per heavy atom. The lowest BCUT2D eigenvalue weighted by atomic mass is 10.1. The van der Waals surface area contributed by atoms with E-state index < -0.39 is 0 Å². The van der Waals surface area contributed by atoms with Gasteiger partial charge in [-0.1, -0.05) is 24.3 Å². The zero-order valence-electron chi connectivity index (χ0n) is 13.8. The number of nitrogens with zero attached hydrogens (tertiary/aromatic N) is 2. The van der Waals surface area contributed by atoms with Gasteiger partial charge in [0.15, 0.2) is 6.29 Å². The van der Waals surface area contributed by atoms with Crippen LogP contribution in [0.15, 0.2) is 47.5 Å². The number of benzene rings is 2. The highest BCUT2D eigenvalue weighted by Crippen LogP contribution is 2.33. The SMILES string of the molecule is Oc1ccc2nc(C3=NC(C4OCc5ccccc5CO4)CS3)sc2c1. The van der Waals surface area contributed by atoms with Gasteiger partial charge < -0.3 is 14.6 Å². The minimum Gasteiger partial charge on any atom is -0.508 e. The molecule has 1 aromatic heterocycles. The number of thioether (sulfide) groups is 1. The normalized spacial score (nSPS) is 20.8. The van der Waals surface area contributed by atoms with Crippen molar-refractivity contribution < 1.29 is 14.6 Å². The van der Waals surface area contributed by atoms with E-state index in [2.05, 4.69) is 17.1 Å². The zero-order valence-corrected chi connectivity index (χ0v) is 15.4. The molecule has 5 rings (SSSR count). The van der Waals surface area contributed by atoms with Crippen LogP contribution in [-0.2, 0) is 22.7 Å². The number of rotatable bonds is 2. The fraction of sp³-hybridized carbons (Fsp3) is 0.263. The Morgan fingerprint density at radius 2 is 1.81 bits per heavy atom. The summed E-state index contributed by atoms with van der Waals surface area (Å²) < 4.78 is 12.9. The molecule has 1 N–H and O–H groups in total. The first-order valence-electron chi connectivity index (χ1n) is 8.37. The van der Waals surface area contributed by atoms with Crippen molar-refractivity contribution in [3.05, 3.63) is 58.6 Å². The number of ether oxygens (including phenoxy) is 2. The molecule has 0 bridgehead atoms. The predicted octanol–water partition coefficient (Wildman–Crippen LogP) is 3.94. The molecule has 0 spiro atoms. The van der Waals surface area contributed by atoms with Crippen LogP contribution in [0.3, 0.4) is 0 Å². The Morgan fingerprint density at radius 3 is 2.58 bits per heavy atom. The van der Waals surface area contributed by atoms with Gasteiger partial charge in [0, 0.05) is 5.75 Å². The molecule has 1 unspecified atom stereocenters. The van der Waals surface area contributed by atoms with E-state index >= 15 is 0 Å². The number of aliphatic imine (C=N–C) groups is 1. The van der Waals surface area contributed by atoms with Crippen molar-refractivity contribution in [1.29, 1.82) is 0 Å². The summed E-state index contributed by atoms with van der Waals surface area (Å²) in [7, 11) is 0. The highest BCUT2D eigenvalue weighted by Gasteiger charge is 2.31. The van der Waals surface area contributed by atoms with E-state index in [0.717, 1.165) is 26.0 Å². The monoisotopic (exact) mass is 384 g/mol. The van der Waals surface area contributed by atoms with Gasteiger partial charge in [-0.15, -0.1) is 23.1 Å². The molecular formula is C19H16N2O3S2. The van der Waals surface area contributed by atoms with Crippen LogP contribution in [0.4, 0.5) is 0 Å². The van der Waals surface area contributed by atoms with Gasteiger partial charge in [0.1, 0.15) is 21.8 Å². The summed E-state index contributed by atoms with van der Waals surface area (Å²) in [5.74, 6) is 1.07. The molecule has 1 atom stereocenters. The van der Waals surface area contributed by atoms with Crippen LogP contribution in [0.2, 0.25) is 0 Å². The van der Waals surface area contributed by atoms with Crippen molar-refractivity contribution in [2.24, 2.45) is 4.99 Å². The molecule has 3 heterocycles. The van der Waals surface area contributed by atoms with Crippen molar-refractivity contribution in [2.45, 2.75) is 25.5 Å². The first-order chi connectivity index (χ1) is 12.8. The lowest BCUT2D eigenvalue weighted by Gasteiger charge is -2.19. The minimum absolute atomic E-state index is 0.0373. The van der Waals surface area contributed by atoms with E-state index in [9.17, 15) is 5.11 Å². The molecule has 2 aliphatic heterocycles. The van der Waals surface area contributed by atoms with Crippen LogP contribution in [0.1, 0.15) is 16.1 Å². The molecule has 132 valence electrons. The lowest BCUT2D eigenvalue weighted by molar-refractivity contribution is -0.156. The Labute approximate surface area is 158 Å². The molecular weight excluding hydrogens is 368 g/mol. The summed E-state index contributed by atoms with van der Waals surface area (Å²) in [6.07, 6.45) is -0.342.